The molecule has 7 nitrogen and oxygen atoms in total. The molecule has 4 rings (SSSR count). The highest BCUT2D eigenvalue weighted by molar-refractivity contribution is 9.10. The second-order valence-electron chi connectivity index (χ2n) is 8.26. The van der Waals surface area contributed by atoms with E-state index in [1.807, 2.05) is 36.9 Å². The molecule has 1 N–H and O–H groups in total. The predicted molar refractivity (Wildman–Crippen MR) is 130 cm³/mol. The van der Waals surface area contributed by atoms with Gasteiger partial charge in [-0.1, -0.05) is 15.9 Å². The third kappa shape index (κ3) is 4.36. The van der Waals surface area contributed by atoms with Crippen molar-refractivity contribution in [3.8, 4) is 0 Å². The monoisotopic (exact) mass is 516 g/mol. The van der Waals surface area contributed by atoms with Crippen molar-refractivity contribution in [2.75, 3.05) is 11.9 Å². The number of rotatable bonds is 4. The summed E-state index contributed by atoms with van der Waals surface area (Å²) < 4.78 is 2.29. The van der Waals surface area contributed by atoms with Crippen LogP contribution in [-0.2, 0) is 11.3 Å². The van der Waals surface area contributed by atoms with Gasteiger partial charge in [0.15, 0.2) is 0 Å². The lowest BCUT2D eigenvalue weighted by molar-refractivity contribution is -0.135. The zero-order valence-corrected chi connectivity index (χ0v) is 20.7. The molecule has 9 heteroatoms. The normalized spacial score (nSPS) is 16.4. The fourth-order valence-corrected chi connectivity index (χ4v) is 5.65. The minimum Gasteiger partial charge on any atom is -0.338 e. The molecule has 1 aliphatic rings. The summed E-state index contributed by atoms with van der Waals surface area (Å²) in [6, 6.07) is 5.80. The Kier molecular flexibility index (Phi) is 6.48. The first-order chi connectivity index (χ1) is 15.3. The lowest BCUT2D eigenvalue weighted by Gasteiger charge is -2.33. The number of aryl methyl sites for hydroxylation is 2. The number of carbonyl (C=O) groups is 2. The van der Waals surface area contributed by atoms with E-state index in [9.17, 15) is 14.4 Å². The van der Waals surface area contributed by atoms with Gasteiger partial charge in [-0.05, 0) is 69.4 Å². The van der Waals surface area contributed by atoms with Crippen LogP contribution >= 0.6 is 27.3 Å². The molecular formula is C23H25BrN4O3S. The van der Waals surface area contributed by atoms with Gasteiger partial charge in [-0.25, -0.2) is 4.98 Å². The maximum absolute atomic E-state index is 13.2. The number of fused-ring (bicyclic) bond motifs is 1. The molecule has 3 aromatic rings. The van der Waals surface area contributed by atoms with E-state index in [1.165, 1.54) is 22.2 Å². The quantitative estimate of drug-likeness (QED) is 0.553. The van der Waals surface area contributed by atoms with E-state index < -0.39 is 0 Å². The molecule has 2 amide bonds. The second-order valence-corrected chi connectivity index (χ2v) is 10.2. The largest absolute Gasteiger partial charge is 0.338 e. The Labute approximate surface area is 198 Å². The summed E-state index contributed by atoms with van der Waals surface area (Å²) in [5.41, 5.74) is 1.93. The number of hydrogen-bond acceptors (Lipinski definition) is 5. The van der Waals surface area contributed by atoms with E-state index in [0.717, 1.165) is 35.8 Å². The second kappa shape index (κ2) is 9.15. The Hall–Kier alpha value is -2.52. The zero-order chi connectivity index (χ0) is 23.0. The van der Waals surface area contributed by atoms with E-state index in [0.29, 0.717) is 26.3 Å². The summed E-state index contributed by atoms with van der Waals surface area (Å²) in [5, 5.41) is 3.32. The van der Waals surface area contributed by atoms with Crippen molar-refractivity contribution >= 4 is 55.0 Å². The van der Waals surface area contributed by atoms with Crippen molar-refractivity contribution in [3.05, 3.63) is 55.4 Å². The average Bonchev–Trinajstić information content (AvgIpc) is 3.09. The molecule has 1 saturated heterocycles. The molecule has 1 aromatic carbocycles. The standard InChI is InChI=1S/C23H25BrN4O3S/c1-13-10-16(24)7-8-17(13)26-21(30)20-15(3)19-22(32-20)25-12-27(23(19)31)11-18(29)28-9-5-4-6-14(28)2/h7-8,10,12,14H,4-6,9,11H2,1-3H3,(H,26,30)/t14-/m0/s1. The molecule has 0 saturated carbocycles. The highest BCUT2D eigenvalue weighted by Gasteiger charge is 2.25. The summed E-state index contributed by atoms with van der Waals surface area (Å²) in [6.45, 7) is 6.40. The minimum atomic E-state index is -0.291. The van der Waals surface area contributed by atoms with Crippen LogP contribution in [0, 0.1) is 13.8 Å². The number of benzene rings is 1. The van der Waals surface area contributed by atoms with Gasteiger partial charge in [0, 0.05) is 22.7 Å². The molecule has 0 bridgehead atoms. The van der Waals surface area contributed by atoms with Crippen LogP contribution in [0.15, 0.2) is 33.8 Å². The Morgan fingerprint density at radius 2 is 2.06 bits per heavy atom. The molecule has 0 unspecified atom stereocenters. The van der Waals surface area contributed by atoms with Crippen LogP contribution in [-0.4, -0.2) is 38.9 Å². The van der Waals surface area contributed by atoms with Gasteiger partial charge in [0.1, 0.15) is 11.4 Å². The molecule has 0 spiro atoms. The summed E-state index contributed by atoms with van der Waals surface area (Å²) in [7, 11) is 0. The van der Waals surface area contributed by atoms with Gasteiger partial charge in [0.05, 0.1) is 16.6 Å². The summed E-state index contributed by atoms with van der Waals surface area (Å²) in [4.78, 5) is 46.1. The number of amides is 2. The predicted octanol–water partition coefficient (Wildman–Crippen LogP) is 4.49. The Balaban J connectivity index is 1.61. The number of halogens is 1. The van der Waals surface area contributed by atoms with Crippen LogP contribution in [0.2, 0.25) is 0 Å². The smallest absolute Gasteiger partial charge is 0.266 e. The van der Waals surface area contributed by atoms with Gasteiger partial charge in [0.2, 0.25) is 5.91 Å². The van der Waals surface area contributed by atoms with E-state index in [1.54, 1.807) is 6.92 Å². The first-order valence-electron chi connectivity index (χ1n) is 10.6. The topological polar surface area (TPSA) is 84.3 Å². The molecular weight excluding hydrogens is 492 g/mol. The third-order valence-corrected chi connectivity index (χ3v) is 7.68. The molecule has 0 aliphatic carbocycles. The molecule has 1 atom stereocenters. The third-order valence-electron chi connectivity index (χ3n) is 5.99. The SMILES string of the molecule is Cc1cc(Br)ccc1NC(=O)c1sc2ncn(CC(=O)N3CCCC[C@@H]3C)c(=O)c2c1C. The number of piperidine rings is 1. The number of nitrogens with zero attached hydrogens (tertiary/aromatic N) is 3. The fraction of sp³-hybridized carbons (Fsp3) is 0.391. The Bertz CT molecular complexity index is 1270. The van der Waals surface area contributed by atoms with Gasteiger partial charge in [-0.15, -0.1) is 11.3 Å². The first kappa shape index (κ1) is 22.7. The fourth-order valence-electron chi connectivity index (χ4n) is 4.14. The molecule has 0 radical (unpaired) electrons. The van der Waals surface area contributed by atoms with Gasteiger partial charge >= 0.3 is 0 Å². The summed E-state index contributed by atoms with van der Waals surface area (Å²) in [6.07, 6.45) is 4.50. The van der Waals surface area contributed by atoms with Crippen molar-refractivity contribution in [2.24, 2.45) is 0 Å². The van der Waals surface area contributed by atoms with Crippen LogP contribution in [0.4, 0.5) is 5.69 Å². The lowest BCUT2D eigenvalue weighted by atomic mass is 10.0. The lowest BCUT2D eigenvalue weighted by Crippen LogP contribution is -2.44. The Morgan fingerprint density at radius 1 is 1.28 bits per heavy atom. The highest BCUT2D eigenvalue weighted by Crippen LogP contribution is 2.28. The number of aromatic nitrogens is 2. The molecule has 1 aliphatic heterocycles. The van der Waals surface area contributed by atoms with Gasteiger partial charge in [-0.3, -0.25) is 19.0 Å². The van der Waals surface area contributed by atoms with Crippen LogP contribution in [0.3, 0.4) is 0 Å². The maximum atomic E-state index is 13.2. The minimum absolute atomic E-state index is 0.0407. The van der Waals surface area contributed by atoms with E-state index in [-0.39, 0.29) is 30.0 Å². The number of carbonyl (C=O) groups excluding carboxylic acids is 2. The van der Waals surface area contributed by atoms with E-state index in [2.05, 4.69) is 26.2 Å². The van der Waals surface area contributed by atoms with Crippen molar-refractivity contribution in [3.63, 3.8) is 0 Å². The van der Waals surface area contributed by atoms with Gasteiger partial charge in [-0.2, -0.15) is 0 Å². The summed E-state index contributed by atoms with van der Waals surface area (Å²) >= 11 is 4.61. The first-order valence-corrected chi connectivity index (χ1v) is 12.2. The molecule has 2 aromatic heterocycles. The van der Waals surface area contributed by atoms with Crippen molar-refractivity contribution in [2.45, 2.75) is 52.6 Å². The number of hydrogen-bond donors (Lipinski definition) is 1. The number of nitrogens with one attached hydrogen (secondary N) is 1. The van der Waals surface area contributed by atoms with Gasteiger partial charge in [0.25, 0.3) is 11.5 Å². The van der Waals surface area contributed by atoms with Gasteiger partial charge < -0.3 is 10.2 Å². The van der Waals surface area contributed by atoms with Crippen molar-refractivity contribution in [1.29, 1.82) is 0 Å². The van der Waals surface area contributed by atoms with Crippen molar-refractivity contribution < 1.29 is 9.59 Å². The van der Waals surface area contributed by atoms with Crippen LogP contribution in [0.1, 0.15) is 47.0 Å². The number of anilines is 1. The van der Waals surface area contributed by atoms with Crippen LogP contribution < -0.4 is 10.9 Å². The van der Waals surface area contributed by atoms with Crippen LogP contribution in [0.5, 0.6) is 0 Å². The van der Waals surface area contributed by atoms with E-state index >= 15 is 0 Å². The maximum Gasteiger partial charge on any atom is 0.266 e. The Morgan fingerprint density at radius 3 is 2.78 bits per heavy atom. The number of thiophene rings is 1. The highest BCUT2D eigenvalue weighted by atomic mass is 79.9. The number of likely N-dealkylation sites (tertiary alicyclic amines) is 1. The molecule has 32 heavy (non-hydrogen) atoms. The molecule has 168 valence electrons. The summed E-state index contributed by atoms with van der Waals surface area (Å²) in [5.74, 6) is -0.350. The zero-order valence-electron chi connectivity index (χ0n) is 18.3. The van der Waals surface area contributed by atoms with E-state index in [4.69, 9.17) is 0 Å². The average molecular weight is 517 g/mol. The van der Waals surface area contributed by atoms with Crippen molar-refractivity contribution in [1.82, 2.24) is 14.5 Å². The molecule has 3 heterocycles. The van der Waals surface area contributed by atoms with Crippen LogP contribution in [0.25, 0.3) is 10.2 Å². The molecule has 1 fully saturated rings.